The predicted molar refractivity (Wildman–Crippen MR) is 93.8 cm³/mol. The molecule has 0 aliphatic rings. The summed E-state index contributed by atoms with van der Waals surface area (Å²) < 4.78 is 31.1. The van der Waals surface area contributed by atoms with Crippen molar-refractivity contribution in [2.75, 3.05) is 0 Å². The Bertz CT molecular complexity index is 1060. The van der Waals surface area contributed by atoms with Crippen molar-refractivity contribution >= 4 is 10.9 Å². The molecule has 130 valence electrons. The molecule has 0 bridgehead atoms. The van der Waals surface area contributed by atoms with E-state index in [1.807, 2.05) is 43.6 Å². The first-order valence-corrected chi connectivity index (χ1v) is 7.91. The number of nitrogens with zero attached hydrogens (tertiary/aromatic N) is 4. The number of rotatable bonds is 4. The highest BCUT2D eigenvalue weighted by Gasteiger charge is 2.16. The van der Waals surface area contributed by atoms with E-state index in [2.05, 4.69) is 19.8 Å². The second kappa shape index (κ2) is 6.51. The van der Waals surface area contributed by atoms with Crippen LogP contribution >= 0.6 is 0 Å². The van der Waals surface area contributed by atoms with Gasteiger partial charge in [-0.05, 0) is 12.1 Å². The zero-order valence-electron chi connectivity index (χ0n) is 13.8. The van der Waals surface area contributed by atoms with Gasteiger partial charge in [-0.3, -0.25) is 4.68 Å². The SMILES string of the molecule is Cn1cc(-c2ncnc3cc(OC(F)F)ccc23)c(-c2ccccc2)n1. The van der Waals surface area contributed by atoms with Crippen LogP contribution in [-0.2, 0) is 7.05 Å². The Morgan fingerprint density at radius 3 is 2.58 bits per heavy atom. The van der Waals surface area contributed by atoms with Crippen LogP contribution in [0.4, 0.5) is 8.78 Å². The molecule has 2 aromatic carbocycles. The van der Waals surface area contributed by atoms with E-state index >= 15 is 0 Å². The van der Waals surface area contributed by atoms with Crippen LogP contribution < -0.4 is 4.74 Å². The Balaban J connectivity index is 1.88. The van der Waals surface area contributed by atoms with Gasteiger partial charge in [-0.1, -0.05) is 30.3 Å². The third-order valence-electron chi connectivity index (χ3n) is 3.96. The first kappa shape index (κ1) is 16.1. The summed E-state index contributed by atoms with van der Waals surface area (Å²) in [6.07, 6.45) is 3.29. The van der Waals surface area contributed by atoms with Crippen molar-refractivity contribution in [1.29, 1.82) is 0 Å². The van der Waals surface area contributed by atoms with E-state index in [1.54, 1.807) is 10.7 Å². The van der Waals surface area contributed by atoms with Gasteiger partial charge in [0.05, 0.1) is 11.2 Å². The number of hydrogen-bond acceptors (Lipinski definition) is 4. The summed E-state index contributed by atoms with van der Waals surface area (Å²) in [4.78, 5) is 8.60. The maximum absolute atomic E-state index is 12.4. The highest BCUT2D eigenvalue weighted by Crippen LogP contribution is 2.34. The van der Waals surface area contributed by atoms with Crippen molar-refractivity contribution in [2.45, 2.75) is 6.61 Å². The number of halogens is 2. The van der Waals surface area contributed by atoms with Gasteiger partial charge in [0.25, 0.3) is 0 Å². The molecule has 26 heavy (non-hydrogen) atoms. The summed E-state index contributed by atoms with van der Waals surface area (Å²) in [7, 11) is 1.84. The highest BCUT2D eigenvalue weighted by atomic mass is 19.3. The Labute approximate surface area is 147 Å². The van der Waals surface area contributed by atoms with Crippen LogP contribution in [0, 0.1) is 0 Å². The van der Waals surface area contributed by atoms with Crippen LogP contribution in [0.2, 0.25) is 0 Å². The Morgan fingerprint density at radius 2 is 1.81 bits per heavy atom. The minimum atomic E-state index is -2.88. The fraction of sp³-hybridized carbons (Fsp3) is 0.105. The number of ether oxygens (including phenoxy) is 1. The molecule has 0 N–H and O–H groups in total. The van der Waals surface area contributed by atoms with Gasteiger partial charge in [0, 0.05) is 35.8 Å². The second-order valence-electron chi connectivity index (χ2n) is 5.71. The molecule has 0 spiro atoms. The first-order valence-electron chi connectivity index (χ1n) is 7.91. The third-order valence-corrected chi connectivity index (χ3v) is 3.96. The number of aryl methyl sites for hydroxylation is 1. The molecular weight excluding hydrogens is 338 g/mol. The average molecular weight is 352 g/mol. The molecule has 0 fully saturated rings. The average Bonchev–Trinajstić information content (AvgIpc) is 3.03. The van der Waals surface area contributed by atoms with Crippen LogP contribution in [0.3, 0.4) is 0 Å². The van der Waals surface area contributed by atoms with E-state index in [9.17, 15) is 8.78 Å². The quantitative estimate of drug-likeness (QED) is 0.549. The van der Waals surface area contributed by atoms with Gasteiger partial charge >= 0.3 is 6.61 Å². The molecule has 0 aliphatic heterocycles. The van der Waals surface area contributed by atoms with E-state index in [1.165, 1.54) is 18.5 Å². The van der Waals surface area contributed by atoms with E-state index in [0.717, 1.165) is 22.2 Å². The summed E-state index contributed by atoms with van der Waals surface area (Å²) in [5, 5.41) is 5.29. The molecule has 0 amide bonds. The number of fused-ring (bicyclic) bond motifs is 1. The molecule has 0 aliphatic carbocycles. The lowest BCUT2D eigenvalue weighted by Gasteiger charge is -2.08. The maximum atomic E-state index is 12.4. The summed E-state index contributed by atoms with van der Waals surface area (Å²) in [5.74, 6) is 0.0617. The molecule has 0 unspecified atom stereocenters. The fourth-order valence-corrected chi connectivity index (χ4v) is 2.90. The third kappa shape index (κ3) is 2.99. The zero-order chi connectivity index (χ0) is 18.1. The fourth-order valence-electron chi connectivity index (χ4n) is 2.90. The Morgan fingerprint density at radius 1 is 1.00 bits per heavy atom. The molecular formula is C19H14F2N4O. The van der Waals surface area contributed by atoms with Crippen molar-refractivity contribution < 1.29 is 13.5 Å². The molecule has 0 saturated carbocycles. The summed E-state index contributed by atoms with van der Waals surface area (Å²) in [5.41, 5.74) is 3.81. The van der Waals surface area contributed by atoms with Crippen molar-refractivity contribution in [3.63, 3.8) is 0 Å². The molecule has 0 atom stereocenters. The molecule has 4 rings (SSSR count). The maximum Gasteiger partial charge on any atom is 0.387 e. The van der Waals surface area contributed by atoms with Crippen LogP contribution in [0.15, 0.2) is 61.1 Å². The second-order valence-corrected chi connectivity index (χ2v) is 5.71. The van der Waals surface area contributed by atoms with Gasteiger partial charge in [-0.2, -0.15) is 13.9 Å². The Hall–Kier alpha value is -3.35. The predicted octanol–water partition coefficient (Wildman–Crippen LogP) is 4.30. The minimum absolute atomic E-state index is 0.0617. The van der Waals surface area contributed by atoms with Gasteiger partial charge in [-0.25, -0.2) is 9.97 Å². The standard InChI is InChI=1S/C19H14F2N4O/c1-25-10-15(17(24-25)12-5-3-2-4-6-12)18-14-8-7-13(26-19(20)21)9-16(14)22-11-23-18/h2-11,19H,1H3. The lowest BCUT2D eigenvalue weighted by atomic mass is 10.0. The van der Waals surface area contributed by atoms with Crippen LogP contribution in [0.5, 0.6) is 5.75 Å². The van der Waals surface area contributed by atoms with Gasteiger partial charge in [-0.15, -0.1) is 0 Å². The molecule has 4 aromatic rings. The smallest absolute Gasteiger partial charge is 0.387 e. The van der Waals surface area contributed by atoms with Crippen molar-refractivity contribution in [3.05, 3.63) is 61.1 Å². The molecule has 2 aromatic heterocycles. The van der Waals surface area contributed by atoms with E-state index < -0.39 is 6.61 Å². The number of hydrogen-bond donors (Lipinski definition) is 0. The minimum Gasteiger partial charge on any atom is -0.435 e. The number of alkyl halides is 2. The summed E-state index contributed by atoms with van der Waals surface area (Å²) in [6.45, 7) is -2.88. The van der Waals surface area contributed by atoms with Gasteiger partial charge < -0.3 is 4.74 Å². The summed E-state index contributed by atoms with van der Waals surface area (Å²) >= 11 is 0. The van der Waals surface area contributed by atoms with Crippen LogP contribution in [0.25, 0.3) is 33.4 Å². The van der Waals surface area contributed by atoms with Crippen LogP contribution in [-0.4, -0.2) is 26.4 Å². The monoisotopic (exact) mass is 352 g/mol. The van der Waals surface area contributed by atoms with Crippen molar-refractivity contribution in [1.82, 2.24) is 19.7 Å². The van der Waals surface area contributed by atoms with Crippen molar-refractivity contribution in [3.8, 4) is 28.3 Å². The number of benzene rings is 2. The zero-order valence-corrected chi connectivity index (χ0v) is 13.8. The molecule has 7 heteroatoms. The Kier molecular flexibility index (Phi) is 4.04. The lowest BCUT2D eigenvalue weighted by Crippen LogP contribution is -2.01. The van der Waals surface area contributed by atoms with Gasteiger partial charge in [0.2, 0.25) is 0 Å². The van der Waals surface area contributed by atoms with Crippen molar-refractivity contribution in [2.24, 2.45) is 7.05 Å². The highest BCUT2D eigenvalue weighted by molar-refractivity contribution is 5.96. The molecule has 2 heterocycles. The molecule has 5 nitrogen and oxygen atoms in total. The lowest BCUT2D eigenvalue weighted by molar-refractivity contribution is -0.0497. The topological polar surface area (TPSA) is 52.8 Å². The molecule has 0 radical (unpaired) electrons. The van der Waals surface area contributed by atoms with E-state index in [0.29, 0.717) is 11.2 Å². The normalized spacial score (nSPS) is 11.2. The largest absolute Gasteiger partial charge is 0.435 e. The van der Waals surface area contributed by atoms with Crippen LogP contribution in [0.1, 0.15) is 0 Å². The van der Waals surface area contributed by atoms with E-state index in [4.69, 9.17) is 0 Å². The van der Waals surface area contributed by atoms with Gasteiger partial charge in [0.1, 0.15) is 17.8 Å². The van der Waals surface area contributed by atoms with Gasteiger partial charge in [0.15, 0.2) is 0 Å². The summed E-state index contributed by atoms with van der Waals surface area (Å²) in [6, 6.07) is 14.4. The number of aromatic nitrogens is 4. The van der Waals surface area contributed by atoms with E-state index in [-0.39, 0.29) is 5.75 Å². The molecule has 0 saturated heterocycles. The first-order chi connectivity index (χ1) is 12.6.